The molecule has 1 aliphatic heterocycles. The summed E-state index contributed by atoms with van der Waals surface area (Å²) in [6.07, 6.45) is 2.21. The highest BCUT2D eigenvalue weighted by Crippen LogP contribution is 2.23. The van der Waals surface area contributed by atoms with E-state index in [0.717, 1.165) is 19.5 Å². The summed E-state index contributed by atoms with van der Waals surface area (Å²) in [5.41, 5.74) is 0. The van der Waals surface area contributed by atoms with Crippen molar-refractivity contribution < 1.29 is 8.42 Å². The van der Waals surface area contributed by atoms with Gasteiger partial charge in [-0.3, -0.25) is 0 Å². The van der Waals surface area contributed by atoms with Gasteiger partial charge in [0.1, 0.15) is 10.0 Å². The molecule has 1 saturated heterocycles. The molecule has 1 aromatic heterocycles. The number of nitrogens with zero attached hydrogens (tertiary/aromatic N) is 2. The van der Waals surface area contributed by atoms with E-state index in [0.29, 0.717) is 18.5 Å². The van der Waals surface area contributed by atoms with Gasteiger partial charge in [-0.1, -0.05) is 23.2 Å². The fourth-order valence-corrected chi connectivity index (χ4v) is 3.78. The number of sulfonamides is 1. The Morgan fingerprint density at radius 1 is 1.48 bits per heavy atom. The molecule has 0 spiro atoms. The van der Waals surface area contributed by atoms with Gasteiger partial charge in [0.15, 0.2) is 0 Å². The van der Waals surface area contributed by atoms with Crippen molar-refractivity contribution in [3.8, 4) is 0 Å². The van der Waals surface area contributed by atoms with E-state index in [4.69, 9.17) is 23.2 Å². The quantitative estimate of drug-likeness (QED) is 0.827. The lowest BCUT2D eigenvalue weighted by Crippen LogP contribution is -2.33. The van der Waals surface area contributed by atoms with Crippen LogP contribution in [0.3, 0.4) is 0 Å². The molecule has 2 rings (SSSR count). The Kier molecular flexibility index (Phi) is 5.48. The first-order chi connectivity index (χ1) is 9.79. The molecule has 0 aliphatic carbocycles. The zero-order valence-electron chi connectivity index (χ0n) is 12.0. The summed E-state index contributed by atoms with van der Waals surface area (Å²) in [7, 11) is -3.60. The van der Waals surface area contributed by atoms with E-state index in [1.807, 2.05) is 0 Å². The number of hydrogen-bond donors (Lipinski definition) is 1. The minimum atomic E-state index is -3.60. The number of nitrogens with one attached hydrogen (secondary N) is 1. The van der Waals surface area contributed by atoms with Crippen molar-refractivity contribution >= 4 is 33.2 Å². The number of aromatic nitrogens is 1. The van der Waals surface area contributed by atoms with Crippen LogP contribution >= 0.6 is 23.2 Å². The van der Waals surface area contributed by atoms with Crippen LogP contribution in [0.2, 0.25) is 10.2 Å². The van der Waals surface area contributed by atoms with Gasteiger partial charge in [-0.15, -0.1) is 0 Å². The van der Waals surface area contributed by atoms with E-state index >= 15 is 0 Å². The molecule has 1 aromatic rings. The second kappa shape index (κ2) is 6.79. The number of halogens is 2. The monoisotopic (exact) mass is 351 g/mol. The molecule has 0 bridgehead atoms. The average Bonchev–Trinajstić information content (AvgIpc) is 2.89. The maximum absolute atomic E-state index is 12.2. The van der Waals surface area contributed by atoms with Crippen LogP contribution in [-0.4, -0.2) is 44.0 Å². The zero-order valence-corrected chi connectivity index (χ0v) is 14.3. The molecule has 1 unspecified atom stereocenters. The summed E-state index contributed by atoms with van der Waals surface area (Å²) >= 11 is 11.5. The average molecular weight is 352 g/mol. The van der Waals surface area contributed by atoms with E-state index < -0.39 is 10.0 Å². The van der Waals surface area contributed by atoms with Gasteiger partial charge >= 0.3 is 0 Å². The Bertz CT molecular complexity index is 607. The second-order valence-corrected chi connectivity index (χ2v) is 8.07. The summed E-state index contributed by atoms with van der Waals surface area (Å²) in [5.74, 6) is 0.331. The van der Waals surface area contributed by atoms with Crippen LogP contribution in [0.25, 0.3) is 0 Å². The van der Waals surface area contributed by atoms with E-state index in [1.54, 1.807) is 0 Å². The Labute approximate surface area is 135 Å². The van der Waals surface area contributed by atoms with Gasteiger partial charge in [-0.25, -0.2) is 18.1 Å². The minimum Gasteiger partial charge on any atom is -0.301 e. The van der Waals surface area contributed by atoms with E-state index in [2.05, 4.69) is 28.5 Å². The Hall–Kier alpha value is -0.400. The summed E-state index contributed by atoms with van der Waals surface area (Å²) in [5, 5.41) is 0.227. The lowest BCUT2D eigenvalue weighted by atomic mass is 10.1. The first-order valence-electron chi connectivity index (χ1n) is 6.84. The standard InChI is InChI=1S/C13H19Cl2N3O2S/c1-9(2)18-4-3-10(8-18)6-17-21(19,20)11-5-12(14)13(15)16-7-11/h5,7,9-10,17H,3-4,6,8H2,1-2H3. The van der Waals surface area contributed by atoms with E-state index in [1.165, 1.54) is 12.3 Å². The molecular weight excluding hydrogens is 333 g/mol. The third-order valence-electron chi connectivity index (χ3n) is 3.69. The lowest BCUT2D eigenvalue weighted by molar-refractivity contribution is 0.265. The first kappa shape index (κ1) is 17.0. The lowest BCUT2D eigenvalue weighted by Gasteiger charge is -2.20. The maximum Gasteiger partial charge on any atom is 0.242 e. The maximum atomic E-state index is 12.2. The van der Waals surface area contributed by atoms with Crippen molar-refractivity contribution in [2.45, 2.75) is 31.2 Å². The molecule has 1 atom stereocenters. The largest absolute Gasteiger partial charge is 0.301 e. The summed E-state index contributed by atoms with van der Waals surface area (Å²) in [4.78, 5) is 6.15. The Morgan fingerprint density at radius 3 is 2.76 bits per heavy atom. The van der Waals surface area contributed by atoms with Crippen LogP contribution in [0, 0.1) is 5.92 Å². The van der Waals surface area contributed by atoms with Crippen molar-refractivity contribution in [2.24, 2.45) is 5.92 Å². The van der Waals surface area contributed by atoms with E-state index in [-0.39, 0.29) is 15.1 Å². The van der Waals surface area contributed by atoms with Gasteiger partial charge in [0.25, 0.3) is 0 Å². The highest BCUT2D eigenvalue weighted by atomic mass is 35.5. The third kappa shape index (κ3) is 4.29. The molecule has 0 saturated carbocycles. The van der Waals surface area contributed by atoms with Crippen molar-refractivity contribution in [3.05, 3.63) is 22.4 Å². The fourth-order valence-electron chi connectivity index (χ4n) is 2.36. The van der Waals surface area contributed by atoms with Gasteiger partial charge in [0.2, 0.25) is 10.0 Å². The van der Waals surface area contributed by atoms with Gasteiger partial charge in [-0.05, 0) is 38.8 Å². The van der Waals surface area contributed by atoms with Crippen LogP contribution in [0.15, 0.2) is 17.2 Å². The van der Waals surface area contributed by atoms with Crippen LogP contribution in [0.1, 0.15) is 20.3 Å². The number of rotatable bonds is 5. The smallest absolute Gasteiger partial charge is 0.242 e. The molecule has 0 aromatic carbocycles. The molecule has 21 heavy (non-hydrogen) atoms. The van der Waals surface area contributed by atoms with Crippen LogP contribution < -0.4 is 4.72 Å². The molecule has 5 nitrogen and oxygen atoms in total. The Balaban J connectivity index is 1.97. The Morgan fingerprint density at radius 2 is 2.19 bits per heavy atom. The fraction of sp³-hybridized carbons (Fsp3) is 0.615. The van der Waals surface area contributed by atoms with Crippen LogP contribution in [0.4, 0.5) is 0 Å². The molecule has 8 heteroatoms. The topological polar surface area (TPSA) is 62.3 Å². The summed E-state index contributed by atoms with van der Waals surface area (Å²) in [6.45, 7) is 6.64. The first-order valence-corrected chi connectivity index (χ1v) is 9.08. The van der Waals surface area contributed by atoms with Crippen molar-refractivity contribution in [1.82, 2.24) is 14.6 Å². The predicted molar refractivity (Wildman–Crippen MR) is 84.3 cm³/mol. The second-order valence-electron chi connectivity index (χ2n) is 5.54. The number of hydrogen-bond acceptors (Lipinski definition) is 4. The van der Waals surface area contributed by atoms with Gasteiger partial charge in [0.05, 0.1) is 5.02 Å². The number of pyridine rings is 1. The molecule has 0 amide bonds. The van der Waals surface area contributed by atoms with E-state index in [9.17, 15) is 8.42 Å². The van der Waals surface area contributed by atoms with Crippen molar-refractivity contribution in [3.63, 3.8) is 0 Å². The molecule has 118 valence electrons. The third-order valence-corrected chi connectivity index (χ3v) is 5.77. The van der Waals surface area contributed by atoms with Crippen LogP contribution in [0.5, 0.6) is 0 Å². The normalized spacial score (nSPS) is 20.3. The van der Waals surface area contributed by atoms with Crippen LogP contribution in [-0.2, 0) is 10.0 Å². The van der Waals surface area contributed by atoms with Gasteiger partial charge < -0.3 is 4.90 Å². The summed E-state index contributed by atoms with van der Waals surface area (Å²) in [6, 6.07) is 1.81. The molecule has 0 radical (unpaired) electrons. The molecule has 1 N–H and O–H groups in total. The van der Waals surface area contributed by atoms with Gasteiger partial charge in [0, 0.05) is 25.3 Å². The molecule has 1 aliphatic rings. The predicted octanol–water partition coefficient (Wildman–Crippen LogP) is 2.40. The SMILES string of the molecule is CC(C)N1CCC(CNS(=O)(=O)c2cnc(Cl)c(Cl)c2)C1. The van der Waals surface area contributed by atoms with Gasteiger partial charge in [-0.2, -0.15) is 0 Å². The highest BCUT2D eigenvalue weighted by Gasteiger charge is 2.26. The molecular formula is C13H19Cl2N3O2S. The molecule has 2 heterocycles. The minimum absolute atomic E-state index is 0.0376. The zero-order chi connectivity index (χ0) is 15.6. The highest BCUT2D eigenvalue weighted by molar-refractivity contribution is 7.89. The molecule has 1 fully saturated rings. The summed E-state index contributed by atoms with van der Waals surface area (Å²) < 4.78 is 27.0. The number of likely N-dealkylation sites (tertiary alicyclic amines) is 1. The van der Waals surface area contributed by atoms with Crippen molar-refractivity contribution in [1.29, 1.82) is 0 Å². The van der Waals surface area contributed by atoms with Crippen molar-refractivity contribution in [2.75, 3.05) is 19.6 Å².